The summed E-state index contributed by atoms with van der Waals surface area (Å²) in [6, 6.07) is 7.78. The lowest BCUT2D eigenvalue weighted by Gasteiger charge is -2.32. The third kappa shape index (κ3) is 3.00. The molecule has 21 heavy (non-hydrogen) atoms. The molecule has 0 heterocycles. The monoisotopic (exact) mass is 289 g/mol. The van der Waals surface area contributed by atoms with E-state index in [0.717, 1.165) is 24.0 Å². The second kappa shape index (κ2) is 5.98. The van der Waals surface area contributed by atoms with Crippen LogP contribution in [0.15, 0.2) is 24.3 Å². The minimum Gasteiger partial charge on any atom is -0.480 e. The predicted octanol–water partition coefficient (Wildman–Crippen LogP) is 2.50. The van der Waals surface area contributed by atoms with Crippen molar-refractivity contribution in [2.45, 2.75) is 51.0 Å². The van der Waals surface area contributed by atoms with Gasteiger partial charge >= 0.3 is 5.97 Å². The lowest BCUT2D eigenvalue weighted by atomic mass is 9.73. The number of aliphatic carboxylic acids is 1. The second-order valence-corrected chi connectivity index (χ2v) is 6.38. The lowest BCUT2D eigenvalue weighted by molar-refractivity contribution is -0.149. The molecule has 1 aromatic rings. The van der Waals surface area contributed by atoms with Crippen LogP contribution in [-0.4, -0.2) is 22.4 Å². The maximum atomic E-state index is 12.9. The van der Waals surface area contributed by atoms with Crippen LogP contribution in [0.2, 0.25) is 0 Å². The first-order valence-electron chi connectivity index (χ1n) is 7.50. The molecule has 1 aliphatic rings. The summed E-state index contributed by atoms with van der Waals surface area (Å²) in [7, 11) is 0. The average molecular weight is 289 g/mol. The van der Waals surface area contributed by atoms with Gasteiger partial charge < -0.3 is 10.8 Å². The molecule has 4 nitrogen and oxygen atoms in total. The topological polar surface area (TPSA) is 80.4 Å². The van der Waals surface area contributed by atoms with Gasteiger partial charge in [0.2, 0.25) is 0 Å². The van der Waals surface area contributed by atoms with Gasteiger partial charge in [0.05, 0.1) is 0 Å². The summed E-state index contributed by atoms with van der Waals surface area (Å²) in [6.07, 6.45) is 2.68. The van der Waals surface area contributed by atoms with Crippen LogP contribution in [0.5, 0.6) is 0 Å². The van der Waals surface area contributed by atoms with Gasteiger partial charge in [0.25, 0.3) is 0 Å². The van der Waals surface area contributed by atoms with Crippen molar-refractivity contribution in [3.05, 3.63) is 35.4 Å². The number of carbonyl (C=O) groups excluding carboxylic acids is 1. The quantitative estimate of drug-likeness (QED) is 0.816. The molecule has 1 aromatic carbocycles. The van der Waals surface area contributed by atoms with E-state index in [9.17, 15) is 14.7 Å². The number of Topliss-reactive ketones (excluding diaryl/α,β-unsaturated/α-hetero) is 1. The first-order valence-corrected chi connectivity index (χ1v) is 7.50. The van der Waals surface area contributed by atoms with E-state index in [2.05, 4.69) is 0 Å². The summed E-state index contributed by atoms with van der Waals surface area (Å²) in [5.41, 5.74) is 6.33. The molecule has 2 rings (SSSR count). The van der Waals surface area contributed by atoms with E-state index in [1.54, 1.807) is 0 Å². The van der Waals surface area contributed by atoms with Crippen LogP contribution < -0.4 is 5.73 Å². The van der Waals surface area contributed by atoms with Crippen LogP contribution in [0, 0.1) is 5.92 Å². The van der Waals surface area contributed by atoms with E-state index in [1.165, 1.54) is 0 Å². The molecule has 1 unspecified atom stereocenters. The zero-order valence-electron chi connectivity index (χ0n) is 12.6. The fourth-order valence-electron chi connectivity index (χ4n) is 3.27. The average Bonchev–Trinajstić information content (AvgIpc) is 2.45. The van der Waals surface area contributed by atoms with Gasteiger partial charge in [-0.05, 0) is 42.7 Å². The second-order valence-electron chi connectivity index (χ2n) is 6.38. The van der Waals surface area contributed by atoms with Gasteiger partial charge in [-0.25, -0.2) is 4.79 Å². The standard InChI is InChI=1S/C17H23NO3/c1-11(2)10-17(18,16(20)21)15(19)14-9-5-7-12-6-3-4-8-13(12)14/h3-4,6,8,11,14H,5,7,9-10,18H2,1-2H3,(H,20,21)/t14?,17-/m1/s1. The van der Waals surface area contributed by atoms with Crippen molar-refractivity contribution in [1.29, 1.82) is 0 Å². The third-order valence-corrected chi connectivity index (χ3v) is 4.24. The van der Waals surface area contributed by atoms with Crippen molar-refractivity contribution in [3.8, 4) is 0 Å². The Morgan fingerprint density at radius 2 is 2.05 bits per heavy atom. The van der Waals surface area contributed by atoms with Gasteiger partial charge in [0.1, 0.15) is 0 Å². The fourth-order valence-corrected chi connectivity index (χ4v) is 3.27. The largest absolute Gasteiger partial charge is 0.480 e. The van der Waals surface area contributed by atoms with Crippen LogP contribution in [0.3, 0.4) is 0 Å². The fraction of sp³-hybridized carbons (Fsp3) is 0.529. The summed E-state index contributed by atoms with van der Waals surface area (Å²) >= 11 is 0. The Morgan fingerprint density at radius 1 is 1.38 bits per heavy atom. The van der Waals surface area contributed by atoms with Gasteiger partial charge in [0, 0.05) is 5.92 Å². The van der Waals surface area contributed by atoms with Crippen LogP contribution >= 0.6 is 0 Å². The summed E-state index contributed by atoms with van der Waals surface area (Å²) < 4.78 is 0. The highest BCUT2D eigenvalue weighted by molar-refractivity contribution is 6.10. The van der Waals surface area contributed by atoms with Crippen molar-refractivity contribution in [2.24, 2.45) is 11.7 Å². The maximum Gasteiger partial charge on any atom is 0.331 e. The number of carboxylic acids is 1. The smallest absolute Gasteiger partial charge is 0.331 e. The van der Waals surface area contributed by atoms with E-state index < -0.39 is 17.4 Å². The number of nitrogens with two attached hydrogens (primary N) is 1. The summed E-state index contributed by atoms with van der Waals surface area (Å²) in [4.78, 5) is 24.5. The molecule has 1 aliphatic carbocycles. The van der Waals surface area contributed by atoms with Crippen LogP contribution in [-0.2, 0) is 16.0 Å². The van der Waals surface area contributed by atoms with Gasteiger partial charge in [-0.3, -0.25) is 4.79 Å². The third-order valence-electron chi connectivity index (χ3n) is 4.24. The number of hydrogen-bond donors (Lipinski definition) is 2. The Bertz CT molecular complexity index is 553. The van der Waals surface area contributed by atoms with E-state index in [-0.39, 0.29) is 18.1 Å². The number of benzene rings is 1. The molecule has 0 fully saturated rings. The van der Waals surface area contributed by atoms with E-state index in [4.69, 9.17) is 5.73 Å². The molecule has 0 aliphatic heterocycles. The van der Waals surface area contributed by atoms with Crippen LogP contribution in [0.1, 0.15) is 50.2 Å². The van der Waals surface area contributed by atoms with Gasteiger partial charge in [-0.2, -0.15) is 0 Å². The van der Waals surface area contributed by atoms with Gasteiger partial charge in [-0.1, -0.05) is 38.1 Å². The molecule has 114 valence electrons. The predicted molar refractivity (Wildman–Crippen MR) is 81.1 cm³/mol. The highest BCUT2D eigenvalue weighted by Crippen LogP contribution is 2.35. The number of hydrogen-bond acceptors (Lipinski definition) is 3. The molecule has 0 saturated heterocycles. The summed E-state index contributed by atoms with van der Waals surface area (Å²) in [6.45, 7) is 3.76. The highest BCUT2D eigenvalue weighted by atomic mass is 16.4. The minimum atomic E-state index is -1.79. The Hall–Kier alpha value is -1.68. The molecule has 3 N–H and O–H groups in total. The first kappa shape index (κ1) is 15.7. The summed E-state index contributed by atoms with van der Waals surface area (Å²) in [5, 5.41) is 9.48. The van der Waals surface area contributed by atoms with E-state index >= 15 is 0 Å². The molecule has 4 heteroatoms. The summed E-state index contributed by atoms with van der Waals surface area (Å²) in [5.74, 6) is -1.91. The molecule has 0 spiro atoms. The van der Waals surface area contributed by atoms with Crippen LogP contribution in [0.4, 0.5) is 0 Å². The first-order chi connectivity index (χ1) is 9.86. The molecule has 0 radical (unpaired) electrons. The zero-order valence-corrected chi connectivity index (χ0v) is 12.6. The maximum absolute atomic E-state index is 12.9. The van der Waals surface area contributed by atoms with Gasteiger partial charge in [-0.15, -0.1) is 0 Å². The Labute approximate surface area is 125 Å². The Morgan fingerprint density at radius 3 is 2.67 bits per heavy atom. The molecule has 0 amide bonds. The van der Waals surface area contributed by atoms with Crippen molar-refractivity contribution in [3.63, 3.8) is 0 Å². The van der Waals surface area contributed by atoms with Crippen LogP contribution in [0.25, 0.3) is 0 Å². The number of ketones is 1. The number of fused-ring (bicyclic) bond motifs is 1. The van der Waals surface area contributed by atoms with E-state index in [1.807, 2.05) is 38.1 Å². The number of aryl methyl sites for hydroxylation is 1. The van der Waals surface area contributed by atoms with Crippen molar-refractivity contribution < 1.29 is 14.7 Å². The molecule has 2 atom stereocenters. The van der Waals surface area contributed by atoms with Gasteiger partial charge in [0.15, 0.2) is 11.3 Å². The number of carbonyl (C=O) groups is 2. The van der Waals surface area contributed by atoms with Crippen molar-refractivity contribution in [2.75, 3.05) is 0 Å². The van der Waals surface area contributed by atoms with Crippen molar-refractivity contribution >= 4 is 11.8 Å². The Kier molecular flexibility index (Phi) is 4.47. The lowest BCUT2D eigenvalue weighted by Crippen LogP contribution is -2.57. The molecular formula is C17H23NO3. The highest BCUT2D eigenvalue weighted by Gasteiger charge is 2.46. The molecular weight excluding hydrogens is 266 g/mol. The van der Waals surface area contributed by atoms with E-state index in [0.29, 0.717) is 6.42 Å². The number of rotatable bonds is 5. The molecule has 0 saturated carbocycles. The number of carboxylic acid groups (broad SMARTS) is 1. The SMILES string of the molecule is CC(C)C[C@](N)(C(=O)O)C(=O)C1CCCc2ccccc21. The molecule has 0 bridgehead atoms. The van der Waals surface area contributed by atoms with Crippen molar-refractivity contribution in [1.82, 2.24) is 0 Å². The normalized spacial score (nSPS) is 20.7. The minimum absolute atomic E-state index is 0.0499. The zero-order chi connectivity index (χ0) is 15.6. The Balaban J connectivity index is 2.37. The molecule has 0 aromatic heterocycles.